The van der Waals surface area contributed by atoms with Crippen LogP contribution in [0.5, 0.6) is 0 Å². The SMILES string of the molecule is C=C(CC)CCCO. The first kappa shape index (κ1) is 7.70. The van der Waals surface area contributed by atoms with Crippen molar-refractivity contribution in [2.45, 2.75) is 26.2 Å². The number of aliphatic hydroxyl groups is 1. The molecule has 0 unspecified atom stereocenters. The average molecular weight is 114 g/mol. The second kappa shape index (κ2) is 4.85. The third-order valence-corrected chi connectivity index (χ3v) is 1.19. The minimum Gasteiger partial charge on any atom is -0.396 e. The van der Waals surface area contributed by atoms with Crippen LogP contribution in [0.3, 0.4) is 0 Å². The van der Waals surface area contributed by atoms with Gasteiger partial charge in [0, 0.05) is 6.61 Å². The van der Waals surface area contributed by atoms with Crippen molar-refractivity contribution in [3.63, 3.8) is 0 Å². The van der Waals surface area contributed by atoms with E-state index in [-0.39, 0.29) is 0 Å². The van der Waals surface area contributed by atoms with Crippen LogP contribution in [0.25, 0.3) is 0 Å². The van der Waals surface area contributed by atoms with E-state index in [1.54, 1.807) is 0 Å². The van der Waals surface area contributed by atoms with Gasteiger partial charge in [-0.15, -0.1) is 0 Å². The molecule has 1 heteroatoms. The summed E-state index contributed by atoms with van der Waals surface area (Å²) in [5.74, 6) is 0. The molecule has 0 bridgehead atoms. The van der Waals surface area contributed by atoms with Crippen LogP contribution in [-0.4, -0.2) is 11.7 Å². The van der Waals surface area contributed by atoms with E-state index in [0.717, 1.165) is 19.3 Å². The highest BCUT2D eigenvalue weighted by Gasteiger charge is 1.87. The lowest BCUT2D eigenvalue weighted by molar-refractivity contribution is 0.288. The highest BCUT2D eigenvalue weighted by Crippen LogP contribution is 2.04. The monoisotopic (exact) mass is 114 g/mol. The van der Waals surface area contributed by atoms with E-state index in [9.17, 15) is 0 Å². The Balaban J connectivity index is 2.99. The summed E-state index contributed by atoms with van der Waals surface area (Å²) in [5.41, 5.74) is 1.24. The predicted molar refractivity (Wildman–Crippen MR) is 35.8 cm³/mol. The molecule has 1 nitrogen and oxygen atoms in total. The van der Waals surface area contributed by atoms with Gasteiger partial charge in [0.1, 0.15) is 0 Å². The number of allylic oxidation sites excluding steroid dienone is 1. The van der Waals surface area contributed by atoms with Gasteiger partial charge in [-0.3, -0.25) is 0 Å². The van der Waals surface area contributed by atoms with Crippen LogP contribution >= 0.6 is 0 Å². The lowest BCUT2D eigenvalue weighted by atomic mass is 10.1. The zero-order valence-corrected chi connectivity index (χ0v) is 5.48. The molecule has 8 heavy (non-hydrogen) atoms. The van der Waals surface area contributed by atoms with Gasteiger partial charge in [0.05, 0.1) is 0 Å². The molecule has 0 spiro atoms. The summed E-state index contributed by atoms with van der Waals surface area (Å²) in [5, 5.41) is 8.37. The molecule has 0 saturated heterocycles. The van der Waals surface area contributed by atoms with Gasteiger partial charge in [0.25, 0.3) is 0 Å². The molecular formula is C7H14O. The van der Waals surface area contributed by atoms with Gasteiger partial charge >= 0.3 is 0 Å². The lowest BCUT2D eigenvalue weighted by Crippen LogP contribution is -1.83. The Morgan fingerprint density at radius 3 is 2.62 bits per heavy atom. The van der Waals surface area contributed by atoms with Crippen molar-refractivity contribution in [2.75, 3.05) is 6.61 Å². The molecule has 48 valence electrons. The van der Waals surface area contributed by atoms with Gasteiger partial charge in [0.15, 0.2) is 0 Å². The summed E-state index contributed by atoms with van der Waals surface area (Å²) in [7, 11) is 0. The van der Waals surface area contributed by atoms with E-state index < -0.39 is 0 Å². The summed E-state index contributed by atoms with van der Waals surface area (Å²) in [6.45, 7) is 6.17. The van der Waals surface area contributed by atoms with Crippen LogP contribution in [0.2, 0.25) is 0 Å². The first-order valence-electron chi connectivity index (χ1n) is 3.08. The third kappa shape index (κ3) is 3.88. The van der Waals surface area contributed by atoms with Crippen molar-refractivity contribution in [3.05, 3.63) is 12.2 Å². The molecule has 0 aliphatic carbocycles. The van der Waals surface area contributed by atoms with Gasteiger partial charge < -0.3 is 5.11 Å². The molecule has 0 heterocycles. The van der Waals surface area contributed by atoms with E-state index in [2.05, 4.69) is 13.5 Å². The maximum absolute atomic E-state index is 8.37. The molecule has 0 aromatic carbocycles. The van der Waals surface area contributed by atoms with E-state index in [4.69, 9.17) is 5.11 Å². The number of hydrogen-bond donors (Lipinski definition) is 1. The zero-order valence-electron chi connectivity index (χ0n) is 5.48. The fourth-order valence-electron chi connectivity index (χ4n) is 0.506. The lowest BCUT2D eigenvalue weighted by Gasteiger charge is -1.96. The molecule has 0 rings (SSSR count). The van der Waals surface area contributed by atoms with Crippen molar-refractivity contribution < 1.29 is 5.11 Å². The van der Waals surface area contributed by atoms with Crippen molar-refractivity contribution in [3.8, 4) is 0 Å². The van der Waals surface area contributed by atoms with Crippen LogP contribution in [0.15, 0.2) is 12.2 Å². The van der Waals surface area contributed by atoms with Gasteiger partial charge in [-0.2, -0.15) is 0 Å². The van der Waals surface area contributed by atoms with Gasteiger partial charge in [0.2, 0.25) is 0 Å². The Hall–Kier alpha value is -0.300. The van der Waals surface area contributed by atoms with Crippen LogP contribution < -0.4 is 0 Å². The number of hydrogen-bond acceptors (Lipinski definition) is 1. The Labute approximate surface area is 51.0 Å². The third-order valence-electron chi connectivity index (χ3n) is 1.19. The molecule has 0 fully saturated rings. The maximum atomic E-state index is 8.37. The minimum atomic E-state index is 0.291. The minimum absolute atomic E-state index is 0.291. The number of rotatable bonds is 4. The molecule has 0 radical (unpaired) electrons. The first-order valence-corrected chi connectivity index (χ1v) is 3.08. The quantitative estimate of drug-likeness (QED) is 0.552. The fourth-order valence-corrected chi connectivity index (χ4v) is 0.506. The average Bonchev–Trinajstić information content (AvgIpc) is 1.83. The Bertz CT molecular complexity index is 66.8. The predicted octanol–water partition coefficient (Wildman–Crippen LogP) is 1.73. The molecule has 1 N–H and O–H groups in total. The molecule has 0 aromatic rings. The van der Waals surface area contributed by atoms with Gasteiger partial charge in [-0.1, -0.05) is 19.1 Å². The van der Waals surface area contributed by atoms with Crippen molar-refractivity contribution >= 4 is 0 Å². The molecule has 0 aromatic heterocycles. The second-order valence-electron chi connectivity index (χ2n) is 1.93. The van der Waals surface area contributed by atoms with Crippen LogP contribution in [0.1, 0.15) is 26.2 Å². The summed E-state index contributed by atoms with van der Waals surface area (Å²) in [6.07, 6.45) is 2.89. The zero-order chi connectivity index (χ0) is 6.41. The second-order valence-corrected chi connectivity index (χ2v) is 1.93. The van der Waals surface area contributed by atoms with Crippen LogP contribution in [0.4, 0.5) is 0 Å². The van der Waals surface area contributed by atoms with Crippen molar-refractivity contribution in [1.29, 1.82) is 0 Å². The Kier molecular flexibility index (Phi) is 4.67. The molecule has 0 amide bonds. The van der Waals surface area contributed by atoms with Crippen molar-refractivity contribution in [1.82, 2.24) is 0 Å². The highest BCUT2D eigenvalue weighted by atomic mass is 16.2. The summed E-state index contributed by atoms with van der Waals surface area (Å²) in [6, 6.07) is 0. The molecule has 0 aliphatic heterocycles. The van der Waals surface area contributed by atoms with Crippen LogP contribution in [-0.2, 0) is 0 Å². The van der Waals surface area contributed by atoms with E-state index in [1.807, 2.05) is 0 Å². The van der Waals surface area contributed by atoms with Gasteiger partial charge in [-0.25, -0.2) is 0 Å². The first-order chi connectivity index (χ1) is 3.81. The largest absolute Gasteiger partial charge is 0.396 e. The van der Waals surface area contributed by atoms with E-state index >= 15 is 0 Å². The van der Waals surface area contributed by atoms with E-state index in [1.165, 1.54) is 5.57 Å². The molecule has 0 atom stereocenters. The van der Waals surface area contributed by atoms with Crippen LogP contribution in [0, 0.1) is 0 Å². The maximum Gasteiger partial charge on any atom is 0.0434 e. The normalized spacial score (nSPS) is 9.25. The molecule has 0 aliphatic rings. The van der Waals surface area contributed by atoms with Crippen molar-refractivity contribution in [2.24, 2.45) is 0 Å². The standard InChI is InChI=1S/C7H14O/c1-3-7(2)5-4-6-8/h8H,2-6H2,1H3. The highest BCUT2D eigenvalue weighted by molar-refractivity contribution is 4.91. The van der Waals surface area contributed by atoms with E-state index in [0.29, 0.717) is 6.61 Å². The van der Waals surface area contributed by atoms with Gasteiger partial charge in [-0.05, 0) is 19.3 Å². The Morgan fingerprint density at radius 2 is 2.25 bits per heavy atom. The topological polar surface area (TPSA) is 20.2 Å². The number of aliphatic hydroxyl groups excluding tert-OH is 1. The summed E-state index contributed by atoms with van der Waals surface area (Å²) in [4.78, 5) is 0. The fraction of sp³-hybridized carbons (Fsp3) is 0.714. The molecular weight excluding hydrogens is 100 g/mol. The Morgan fingerprint density at radius 1 is 1.62 bits per heavy atom. The summed E-state index contributed by atoms with van der Waals surface area (Å²) < 4.78 is 0. The summed E-state index contributed by atoms with van der Waals surface area (Å²) >= 11 is 0. The molecule has 0 saturated carbocycles. The smallest absolute Gasteiger partial charge is 0.0434 e.